The van der Waals surface area contributed by atoms with Crippen LogP contribution in [0.3, 0.4) is 0 Å². The zero-order valence-electron chi connectivity index (χ0n) is 8.00. The third-order valence-electron chi connectivity index (χ3n) is 3.45. The van der Waals surface area contributed by atoms with Gasteiger partial charge in [-0.25, -0.2) is 0 Å². The molecule has 0 aromatic heterocycles. The van der Waals surface area contributed by atoms with Gasteiger partial charge >= 0.3 is 0 Å². The summed E-state index contributed by atoms with van der Waals surface area (Å²) in [5.74, 6) is 0. The van der Waals surface area contributed by atoms with Crippen LogP contribution in [0.25, 0.3) is 0 Å². The van der Waals surface area contributed by atoms with Crippen LogP contribution in [0.4, 0.5) is 0 Å². The van der Waals surface area contributed by atoms with E-state index < -0.39 is 0 Å². The molecule has 2 aliphatic rings. The zero-order chi connectivity index (χ0) is 8.55. The molecule has 1 unspecified atom stereocenters. The second-order valence-electron chi connectivity index (χ2n) is 4.47. The van der Waals surface area contributed by atoms with Gasteiger partial charge in [-0.15, -0.1) is 0 Å². The standard InChI is InChI=1S/C10H20N2/c1-8(11)6-7-12-9-2-3-10(12)5-4-9/h8-10H,2-7,11H2,1H3. The van der Waals surface area contributed by atoms with Gasteiger partial charge in [0.2, 0.25) is 0 Å². The molecule has 2 fully saturated rings. The Balaban J connectivity index is 1.81. The van der Waals surface area contributed by atoms with Crippen LogP contribution < -0.4 is 5.73 Å². The smallest absolute Gasteiger partial charge is 0.00993 e. The van der Waals surface area contributed by atoms with E-state index in [1.165, 1.54) is 38.6 Å². The lowest BCUT2D eigenvalue weighted by atomic mass is 10.0. The van der Waals surface area contributed by atoms with Crippen molar-refractivity contribution < 1.29 is 0 Å². The first kappa shape index (κ1) is 8.52. The van der Waals surface area contributed by atoms with Gasteiger partial charge < -0.3 is 5.73 Å². The highest BCUT2D eigenvalue weighted by Crippen LogP contribution is 2.37. The van der Waals surface area contributed by atoms with E-state index in [2.05, 4.69) is 11.8 Å². The molecule has 1 atom stereocenters. The summed E-state index contributed by atoms with van der Waals surface area (Å²) in [5, 5.41) is 0. The Kier molecular flexibility index (Phi) is 2.37. The molecule has 0 aromatic carbocycles. The summed E-state index contributed by atoms with van der Waals surface area (Å²) in [7, 11) is 0. The Morgan fingerprint density at radius 3 is 2.17 bits per heavy atom. The molecular weight excluding hydrogens is 148 g/mol. The molecule has 2 aliphatic heterocycles. The van der Waals surface area contributed by atoms with Crippen molar-refractivity contribution in [3.05, 3.63) is 0 Å². The predicted octanol–water partition coefficient (Wildman–Crippen LogP) is 1.35. The quantitative estimate of drug-likeness (QED) is 0.689. The fourth-order valence-electron chi connectivity index (χ4n) is 2.74. The SMILES string of the molecule is CC(N)CCN1C2CCC1CC2. The minimum Gasteiger partial charge on any atom is -0.328 e. The van der Waals surface area contributed by atoms with Crippen molar-refractivity contribution in [1.82, 2.24) is 4.90 Å². The third kappa shape index (κ3) is 1.50. The molecule has 0 radical (unpaired) electrons. The van der Waals surface area contributed by atoms with E-state index in [9.17, 15) is 0 Å². The minimum absolute atomic E-state index is 0.380. The summed E-state index contributed by atoms with van der Waals surface area (Å²) in [4.78, 5) is 2.70. The van der Waals surface area contributed by atoms with Crippen LogP contribution in [-0.2, 0) is 0 Å². The van der Waals surface area contributed by atoms with Crippen LogP contribution in [0, 0.1) is 0 Å². The highest BCUT2D eigenvalue weighted by atomic mass is 15.2. The molecule has 2 nitrogen and oxygen atoms in total. The molecule has 0 aliphatic carbocycles. The molecule has 0 amide bonds. The number of rotatable bonds is 3. The molecule has 2 bridgehead atoms. The third-order valence-corrected chi connectivity index (χ3v) is 3.45. The lowest BCUT2D eigenvalue weighted by molar-refractivity contribution is 0.244. The van der Waals surface area contributed by atoms with E-state index in [0.717, 1.165) is 12.1 Å². The van der Waals surface area contributed by atoms with Crippen molar-refractivity contribution >= 4 is 0 Å². The van der Waals surface area contributed by atoms with Crippen LogP contribution in [-0.4, -0.2) is 29.6 Å². The summed E-state index contributed by atoms with van der Waals surface area (Å²) in [5.41, 5.74) is 5.76. The van der Waals surface area contributed by atoms with Crippen LogP contribution in [0.5, 0.6) is 0 Å². The van der Waals surface area contributed by atoms with Gasteiger partial charge in [0.05, 0.1) is 0 Å². The van der Waals surface area contributed by atoms with Crippen molar-refractivity contribution in [1.29, 1.82) is 0 Å². The first-order valence-electron chi connectivity index (χ1n) is 5.28. The number of nitrogens with two attached hydrogens (primary N) is 1. The fraction of sp³-hybridized carbons (Fsp3) is 1.00. The molecule has 0 aromatic rings. The topological polar surface area (TPSA) is 29.3 Å². The van der Waals surface area contributed by atoms with E-state index in [4.69, 9.17) is 5.73 Å². The van der Waals surface area contributed by atoms with Crippen molar-refractivity contribution in [3.63, 3.8) is 0 Å². The lowest BCUT2D eigenvalue weighted by Crippen LogP contribution is -2.32. The number of hydrogen-bond donors (Lipinski definition) is 1. The lowest BCUT2D eigenvalue weighted by Gasteiger charge is -2.22. The Hall–Kier alpha value is -0.0800. The van der Waals surface area contributed by atoms with Gasteiger partial charge in [0.1, 0.15) is 0 Å². The molecular formula is C10H20N2. The Labute approximate surface area is 75.1 Å². The predicted molar refractivity (Wildman–Crippen MR) is 51.0 cm³/mol. The molecule has 70 valence electrons. The number of nitrogens with zero attached hydrogens (tertiary/aromatic N) is 1. The monoisotopic (exact) mass is 168 g/mol. The van der Waals surface area contributed by atoms with Crippen LogP contribution in [0.15, 0.2) is 0 Å². The first-order chi connectivity index (χ1) is 5.77. The van der Waals surface area contributed by atoms with Gasteiger partial charge in [-0.05, 0) is 39.0 Å². The maximum atomic E-state index is 5.76. The maximum absolute atomic E-state index is 5.76. The average Bonchev–Trinajstić information content (AvgIpc) is 2.59. The fourth-order valence-corrected chi connectivity index (χ4v) is 2.74. The van der Waals surface area contributed by atoms with E-state index in [0.29, 0.717) is 6.04 Å². The summed E-state index contributed by atoms with van der Waals surface area (Å²) < 4.78 is 0. The Morgan fingerprint density at radius 1 is 1.25 bits per heavy atom. The van der Waals surface area contributed by atoms with Gasteiger partial charge in [-0.2, -0.15) is 0 Å². The maximum Gasteiger partial charge on any atom is 0.00993 e. The van der Waals surface area contributed by atoms with Crippen molar-refractivity contribution in [2.24, 2.45) is 5.73 Å². The Bertz CT molecular complexity index is 136. The summed E-state index contributed by atoms with van der Waals surface area (Å²) in [6, 6.07) is 2.23. The zero-order valence-corrected chi connectivity index (χ0v) is 8.00. The normalized spacial score (nSPS) is 37.5. The number of hydrogen-bond acceptors (Lipinski definition) is 2. The van der Waals surface area contributed by atoms with Crippen LogP contribution >= 0.6 is 0 Å². The highest BCUT2D eigenvalue weighted by Gasteiger charge is 2.38. The van der Waals surface area contributed by atoms with Gasteiger partial charge in [0.25, 0.3) is 0 Å². The number of fused-ring (bicyclic) bond motifs is 2. The van der Waals surface area contributed by atoms with Gasteiger partial charge in [0.15, 0.2) is 0 Å². The van der Waals surface area contributed by atoms with Crippen LogP contribution in [0.1, 0.15) is 39.0 Å². The minimum atomic E-state index is 0.380. The van der Waals surface area contributed by atoms with Gasteiger partial charge in [-0.1, -0.05) is 0 Å². The molecule has 0 spiro atoms. The summed E-state index contributed by atoms with van der Waals surface area (Å²) in [6.07, 6.45) is 6.97. The molecule has 2 heteroatoms. The molecule has 2 N–H and O–H groups in total. The largest absolute Gasteiger partial charge is 0.328 e. The van der Waals surface area contributed by atoms with Crippen molar-refractivity contribution in [2.45, 2.75) is 57.2 Å². The van der Waals surface area contributed by atoms with Crippen molar-refractivity contribution in [2.75, 3.05) is 6.54 Å². The highest BCUT2D eigenvalue weighted by molar-refractivity contribution is 4.94. The molecule has 2 heterocycles. The first-order valence-corrected chi connectivity index (χ1v) is 5.28. The van der Waals surface area contributed by atoms with Gasteiger partial charge in [0, 0.05) is 24.7 Å². The molecule has 12 heavy (non-hydrogen) atoms. The van der Waals surface area contributed by atoms with E-state index >= 15 is 0 Å². The van der Waals surface area contributed by atoms with Gasteiger partial charge in [-0.3, -0.25) is 4.90 Å². The average molecular weight is 168 g/mol. The van der Waals surface area contributed by atoms with E-state index in [1.54, 1.807) is 0 Å². The molecule has 0 saturated carbocycles. The van der Waals surface area contributed by atoms with E-state index in [-0.39, 0.29) is 0 Å². The second kappa shape index (κ2) is 3.35. The van der Waals surface area contributed by atoms with Crippen molar-refractivity contribution in [3.8, 4) is 0 Å². The second-order valence-corrected chi connectivity index (χ2v) is 4.47. The Morgan fingerprint density at radius 2 is 1.75 bits per heavy atom. The molecule has 2 saturated heterocycles. The molecule has 2 rings (SSSR count). The van der Waals surface area contributed by atoms with Crippen LogP contribution in [0.2, 0.25) is 0 Å². The van der Waals surface area contributed by atoms with E-state index in [1.807, 2.05) is 0 Å². The summed E-state index contributed by atoms with van der Waals surface area (Å²) >= 11 is 0. The summed E-state index contributed by atoms with van der Waals surface area (Å²) in [6.45, 7) is 3.35.